The predicted octanol–water partition coefficient (Wildman–Crippen LogP) is 5.08. The Morgan fingerprint density at radius 2 is 1.54 bits per heavy atom. The van der Waals surface area contributed by atoms with Crippen LogP contribution in [-0.4, -0.2) is 24.2 Å². The van der Waals surface area contributed by atoms with E-state index in [9.17, 15) is 9.59 Å². The molecule has 3 rings (SSSR count). The van der Waals surface area contributed by atoms with E-state index in [0.29, 0.717) is 21.9 Å². The molecule has 0 unspecified atom stereocenters. The molecule has 0 aliphatic rings. The fourth-order valence-corrected chi connectivity index (χ4v) is 3.60. The number of Topliss-reactive ketones (excluding diaryl/α,β-unsaturated/α-hetero) is 1. The van der Waals surface area contributed by atoms with Crippen molar-refractivity contribution in [1.29, 1.82) is 0 Å². The molecule has 0 fully saturated rings. The van der Waals surface area contributed by atoms with Crippen molar-refractivity contribution in [2.24, 2.45) is 0 Å². The highest BCUT2D eigenvalue weighted by Crippen LogP contribution is 2.26. The molecule has 0 aliphatic carbocycles. The summed E-state index contributed by atoms with van der Waals surface area (Å²) in [5, 5.41) is 2.66. The summed E-state index contributed by atoms with van der Waals surface area (Å²) in [6.07, 6.45) is 0. The van der Waals surface area contributed by atoms with E-state index in [4.69, 9.17) is 16.3 Å². The van der Waals surface area contributed by atoms with Crippen molar-refractivity contribution in [3.8, 4) is 5.75 Å². The van der Waals surface area contributed by atoms with Crippen LogP contribution in [0.25, 0.3) is 0 Å². The summed E-state index contributed by atoms with van der Waals surface area (Å²) >= 11 is 7.21. The molecular formula is C22H18ClNO3S. The summed E-state index contributed by atoms with van der Waals surface area (Å²) in [6.45, 7) is 0. The summed E-state index contributed by atoms with van der Waals surface area (Å²) in [5.41, 5.74) is 0.979. The van der Waals surface area contributed by atoms with Crippen LogP contribution >= 0.6 is 23.4 Å². The molecule has 3 aromatic rings. The predicted molar refractivity (Wildman–Crippen MR) is 112 cm³/mol. The van der Waals surface area contributed by atoms with Crippen LogP contribution in [0.1, 0.15) is 20.7 Å². The van der Waals surface area contributed by atoms with E-state index in [2.05, 4.69) is 5.32 Å². The summed E-state index contributed by atoms with van der Waals surface area (Å²) in [5.74, 6) is 0.143. The van der Waals surface area contributed by atoms with E-state index >= 15 is 0 Å². The van der Waals surface area contributed by atoms with Gasteiger partial charge in [0.1, 0.15) is 11.1 Å². The number of benzene rings is 3. The number of ether oxygens (including phenoxy) is 1. The number of carbonyl (C=O) groups is 2. The summed E-state index contributed by atoms with van der Waals surface area (Å²) < 4.78 is 5.11. The molecule has 1 amide bonds. The average molecular weight is 412 g/mol. The van der Waals surface area contributed by atoms with Gasteiger partial charge in [0.15, 0.2) is 5.78 Å². The lowest BCUT2D eigenvalue weighted by Crippen LogP contribution is -2.38. The molecule has 0 saturated carbocycles. The van der Waals surface area contributed by atoms with Crippen molar-refractivity contribution in [3.05, 3.63) is 95.0 Å². The first-order valence-electron chi connectivity index (χ1n) is 8.53. The lowest BCUT2D eigenvalue weighted by atomic mass is 10.1. The zero-order chi connectivity index (χ0) is 19.9. The van der Waals surface area contributed by atoms with E-state index in [-0.39, 0.29) is 11.7 Å². The van der Waals surface area contributed by atoms with Gasteiger partial charge in [0.25, 0.3) is 5.91 Å². The Hall–Kier alpha value is -2.76. The number of ketones is 1. The second kappa shape index (κ2) is 9.44. The first-order chi connectivity index (χ1) is 13.6. The lowest BCUT2D eigenvalue weighted by molar-refractivity contribution is 0.0892. The number of hydrogen-bond acceptors (Lipinski definition) is 4. The van der Waals surface area contributed by atoms with Crippen LogP contribution in [0.2, 0.25) is 5.02 Å². The van der Waals surface area contributed by atoms with Crippen LogP contribution in [0.3, 0.4) is 0 Å². The highest BCUT2D eigenvalue weighted by atomic mass is 35.5. The van der Waals surface area contributed by atoms with Gasteiger partial charge in [-0.05, 0) is 48.5 Å². The van der Waals surface area contributed by atoms with Crippen molar-refractivity contribution in [2.75, 3.05) is 7.11 Å². The topological polar surface area (TPSA) is 55.4 Å². The van der Waals surface area contributed by atoms with Crippen LogP contribution in [-0.2, 0) is 0 Å². The third-order valence-corrected chi connectivity index (χ3v) is 5.34. The molecule has 0 saturated heterocycles. The van der Waals surface area contributed by atoms with Gasteiger partial charge in [-0.1, -0.05) is 53.7 Å². The number of amides is 1. The molecule has 0 spiro atoms. The molecule has 4 nitrogen and oxygen atoms in total. The van der Waals surface area contributed by atoms with Crippen LogP contribution < -0.4 is 10.1 Å². The van der Waals surface area contributed by atoms with Gasteiger partial charge in [-0.3, -0.25) is 9.59 Å². The van der Waals surface area contributed by atoms with Gasteiger partial charge < -0.3 is 10.1 Å². The minimum atomic E-state index is -0.779. The number of halogens is 1. The van der Waals surface area contributed by atoms with E-state index < -0.39 is 5.37 Å². The second-order valence-corrected chi connectivity index (χ2v) is 7.50. The maximum atomic E-state index is 13.0. The minimum absolute atomic E-state index is 0.178. The highest BCUT2D eigenvalue weighted by Gasteiger charge is 2.24. The van der Waals surface area contributed by atoms with Crippen LogP contribution in [0.15, 0.2) is 83.8 Å². The van der Waals surface area contributed by atoms with Crippen molar-refractivity contribution in [2.45, 2.75) is 10.3 Å². The average Bonchev–Trinajstić information content (AvgIpc) is 2.75. The van der Waals surface area contributed by atoms with E-state index in [1.807, 2.05) is 18.2 Å². The van der Waals surface area contributed by atoms with Crippen molar-refractivity contribution in [3.63, 3.8) is 0 Å². The Morgan fingerprint density at radius 3 is 2.14 bits per heavy atom. The molecule has 0 bridgehead atoms. The van der Waals surface area contributed by atoms with Crippen LogP contribution in [0.4, 0.5) is 0 Å². The van der Waals surface area contributed by atoms with E-state index in [0.717, 1.165) is 4.90 Å². The molecule has 3 aromatic carbocycles. The molecule has 1 N–H and O–H groups in total. The summed E-state index contributed by atoms with van der Waals surface area (Å²) in [6, 6.07) is 22.8. The number of carbonyl (C=O) groups excluding carboxylic acids is 2. The van der Waals surface area contributed by atoms with Gasteiger partial charge in [-0.2, -0.15) is 0 Å². The third kappa shape index (κ3) is 5.15. The van der Waals surface area contributed by atoms with E-state index in [1.165, 1.54) is 11.8 Å². The van der Waals surface area contributed by atoms with Crippen molar-refractivity contribution < 1.29 is 14.3 Å². The molecule has 0 radical (unpaired) electrons. The van der Waals surface area contributed by atoms with Gasteiger partial charge in [-0.25, -0.2) is 0 Å². The maximum Gasteiger partial charge on any atom is 0.252 e. The zero-order valence-corrected chi connectivity index (χ0v) is 16.7. The first-order valence-corrected chi connectivity index (χ1v) is 9.79. The number of hydrogen-bond donors (Lipinski definition) is 1. The Morgan fingerprint density at radius 1 is 0.893 bits per heavy atom. The molecule has 0 heterocycles. The Balaban J connectivity index is 1.83. The summed E-state index contributed by atoms with van der Waals surface area (Å²) in [4.78, 5) is 26.5. The third-order valence-electron chi connectivity index (χ3n) is 3.98. The SMILES string of the molecule is COc1ccc(C(=O)N[C@@H](Sc2ccc(Cl)cc2)C(=O)c2ccccc2)cc1. The molecule has 0 aromatic heterocycles. The van der Waals surface area contributed by atoms with Gasteiger partial charge in [0, 0.05) is 21.0 Å². The second-order valence-electron chi connectivity index (χ2n) is 5.88. The molecule has 6 heteroatoms. The lowest BCUT2D eigenvalue weighted by Gasteiger charge is -2.18. The molecule has 0 aliphatic heterocycles. The van der Waals surface area contributed by atoms with E-state index in [1.54, 1.807) is 67.8 Å². The number of nitrogens with one attached hydrogen (secondary N) is 1. The number of rotatable bonds is 7. The fourth-order valence-electron chi connectivity index (χ4n) is 2.50. The molecule has 1 atom stereocenters. The summed E-state index contributed by atoms with van der Waals surface area (Å²) in [7, 11) is 1.56. The monoisotopic (exact) mass is 411 g/mol. The molecular weight excluding hydrogens is 394 g/mol. The zero-order valence-electron chi connectivity index (χ0n) is 15.1. The van der Waals surface area contributed by atoms with Gasteiger partial charge in [0.2, 0.25) is 0 Å². The highest BCUT2D eigenvalue weighted by molar-refractivity contribution is 8.00. The molecule has 28 heavy (non-hydrogen) atoms. The largest absolute Gasteiger partial charge is 0.497 e. The van der Waals surface area contributed by atoms with Crippen molar-refractivity contribution in [1.82, 2.24) is 5.32 Å². The van der Waals surface area contributed by atoms with Crippen LogP contribution in [0, 0.1) is 0 Å². The number of thioether (sulfide) groups is 1. The van der Waals surface area contributed by atoms with Crippen LogP contribution in [0.5, 0.6) is 5.75 Å². The number of methoxy groups -OCH3 is 1. The molecule has 142 valence electrons. The van der Waals surface area contributed by atoms with Crippen molar-refractivity contribution >= 4 is 35.1 Å². The van der Waals surface area contributed by atoms with Gasteiger partial charge in [0.05, 0.1) is 7.11 Å². The fraction of sp³-hybridized carbons (Fsp3) is 0.0909. The first kappa shape index (κ1) is 20.0. The standard InChI is InChI=1S/C22H18ClNO3S/c1-27-18-11-7-16(8-12-18)21(26)24-22(20(25)15-5-3-2-4-6-15)28-19-13-9-17(23)10-14-19/h2-14,22H,1H3,(H,24,26)/t22-/m0/s1. The van der Waals surface area contributed by atoms with Gasteiger partial charge in [-0.15, -0.1) is 0 Å². The Kier molecular flexibility index (Phi) is 6.74. The van der Waals surface area contributed by atoms with Gasteiger partial charge >= 0.3 is 0 Å². The smallest absolute Gasteiger partial charge is 0.252 e. The normalized spacial score (nSPS) is 11.5. The maximum absolute atomic E-state index is 13.0. The Labute approximate surface area is 172 Å². The quantitative estimate of drug-likeness (QED) is 0.334. The minimum Gasteiger partial charge on any atom is -0.497 e. The Bertz CT molecular complexity index is 944.